The number of amides is 1. The molecule has 1 amide bonds. The van der Waals surface area contributed by atoms with Gasteiger partial charge in [-0.2, -0.15) is 0 Å². The Kier molecular flexibility index (Phi) is 9.46. The first-order valence-corrected chi connectivity index (χ1v) is 14.0. The molecule has 0 bridgehead atoms. The van der Waals surface area contributed by atoms with Crippen molar-refractivity contribution in [2.24, 2.45) is 0 Å². The van der Waals surface area contributed by atoms with Crippen molar-refractivity contribution in [1.82, 2.24) is 10.2 Å². The van der Waals surface area contributed by atoms with Crippen LogP contribution in [0.1, 0.15) is 50.9 Å². The minimum absolute atomic E-state index is 0.196. The number of halogens is 1. The van der Waals surface area contributed by atoms with Crippen LogP contribution < -0.4 is 5.32 Å². The molecule has 0 atom stereocenters. The fraction of sp³-hybridized carbons (Fsp3) is 0.171. The zero-order chi connectivity index (χ0) is 27.6. The largest absolute Gasteiger partial charge is 0.455 e. The van der Waals surface area contributed by atoms with E-state index in [4.69, 9.17) is 16.0 Å². The molecule has 5 heteroatoms. The van der Waals surface area contributed by atoms with Crippen molar-refractivity contribution >= 4 is 17.5 Å². The van der Waals surface area contributed by atoms with Crippen LogP contribution in [0.2, 0.25) is 5.02 Å². The van der Waals surface area contributed by atoms with E-state index < -0.39 is 0 Å². The summed E-state index contributed by atoms with van der Waals surface area (Å²) in [4.78, 5) is 15.3. The second-order valence-electron chi connectivity index (χ2n) is 9.94. The molecule has 0 fully saturated rings. The van der Waals surface area contributed by atoms with Gasteiger partial charge in [-0.05, 0) is 52.9 Å². The van der Waals surface area contributed by atoms with Gasteiger partial charge in [0, 0.05) is 30.6 Å². The van der Waals surface area contributed by atoms with E-state index in [1.54, 1.807) is 6.07 Å². The van der Waals surface area contributed by atoms with Crippen molar-refractivity contribution in [1.29, 1.82) is 0 Å². The van der Waals surface area contributed by atoms with Gasteiger partial charge in [0.2, 0.25) is 0 Å². The number of hydrogen-bond donors (Lipinski definition) is 1. The Labute approximate surface area is 241 Å². The molecule has 0 radical (unpaired) electrons. The molecule has 0 unspecified atom stereocenters. The van der Waals surface area contributed by atoms with E-state index in [2.05, 4.69) is 70.9 Å². The zero-order valence-corrected chi connectivity index (χ0v) is 23.1. The average molecular weight is 549 g/mol. The second kappa shape index (κ2) is 13.8. The van der Waals surface area contributed by atoms with Gasteiger partial charge in [0.15, 0.2) is 5.76 Å². The monoisotopic (exact) mass is 548 g/mol. The van der Waals surface area contributed by atoms with Gasteiger partial charge in [0.1, 0.15) is 5.76 Å². The van der Waals surface area contributed by atoms with E-state index in [1.807, 2.05) is 60.7 Å². The topological polar surface area (TPSA) is 45.5 Å². The van der Waals surface area contributed by atoms with Crippen LogP contribution in [0.25, 0.3) is 0 Å². The van der Waals surface area contributed by atoms with E-state index in [9.17, 15) is 4.79 Å². The molecule has 0 aliphatic rings. The van der Waals surface area contributed by atoms with E-state index in [0.717, 1.165) is 35.9 Å². The molecule has 1 aromatic heterocycles. The van der Waals surface area contributed by atoms with Gasteiger partial charge < -0.3 is 9.73 Å². The number of carbonyl (C=O) groups is 1. The minimum atomic E-state index is -0.196. The Morgan fingerprint density at radius 1 is 0.675 bits per heavy atom. The summed E-state index contributed by atoms with van der Waals surface area (Å²) < 4.78 is 6.02. The molecular formula is C35H33ClN2O2. The number of rotatable bonds is 12. The van der Waals surface area contributed by atoms with Crippen molar-refractivity contribution in [3.8, 4) is 0 Å². The Bertz CT molecular complexity index is 1430. The highest BCUT2D eigenvalue weighted by atomic mass is 35.5. The van der Waals surface area contributed by atoms with E-state index in [0.29, 0.717) is 18.8 Å². The zero-order valence-electron chi connectivity index (χ0n) is 22.4. The average Bonchev–Trinajstić information content (AvgIpc) is 3.46. The SMILES string of the molecule is O=C(NCCC(c1ccccc1)c1ccccc1)c1ccc(CN(Cc2ccccc2)Cc2ccc(Cl)cc2)o1. The molecule has 0 aliphatic carbocycles. The van der Waals surface area contributed by atoms with Crippen molar-refractivity contribution in [3.05, 3.63) is 166 Å². The summed E-state index contributed by atoms with van der Waals surface area (Å²) in [6.45, 7) is 2.61. The summed E-state index contributed by atoms with van der Waals surface area (Å²) >= 11 is 6.09. The summed E-state index contributed by atoms with van der Waals surface area (Å²) in [6, 6.07) is 42.8. The van der Waals surface area contributed by atoms with Crippen LogP contribution in [-0.2, 0) is 19.6 Å². The Balaban J connectivity index is 1.22. The summed E-state index contributed by atoms with van der Waals surface area (Å²) in [5.74, 6) is 1.09. The first kappa shape index (κ1) is 27.4. The molecule has 4 nitrogen and oxygen atoms in total. The van der Waals surface area contributed by atoms with Gasteiger partial charge in [-0.1, -0.05) is 115 Å². The molecule has 1 N–H and O–H groups in total. The predicted molar refractivity (Wildman–Crippen MR) is 161 cm³/mol. The maximum absolute atomic E-state index is 13.0. The van der Waals surface area contributed by atoms with Crippen molar-refractivity contribution in [3.63, 3.8) is 0 Å². The molecule has 0 saturated heterocycles. The van der Waals surface area contributed by atoms with Crippen molar-refractivity contribution < 1.29 is 9.21 Å². The van der Waals surface area contributed by atoms with Gasteiger partial charge in [0.05, 0.1) is 6.54 Å². The number of nitrogens with one attached hydrogen (secondary N) is 1. The third kappa shape index (κ3) is 7.72. The fourth-order valence-corrected chi connectivity index (χ4v) is 5.10. The molecule has 0 saturated carbocycles. The molecule has 0 spiro atoms. The van der Waals surface area contributed by atoms with Gasteiger partial charge in [-0.15, -0.1) is 0 Å². The molecule has 5 rings (SSSR count). The summed E-state index contributed by atoms with van der Waals surface area (Å²) in [5.41, 5.74) is 4.86. The predicted octanol–water partition coefficient (Wildman–Crippen LogP) is 8.09. The van der Waals surface area contributed by atoms with Gasteiger partial charge in [0.25, 0.3) is 5.91 Å². The Hall–Kier alpha value is -4.12. The van der Waals surface area contributed by atoms with Gasteiger partial charge in [-0.3, -0.25) is 9.69 Å². The maximum Gasteiger partial charge on any atom is 0.286 e. The number of hydrogen-bond acceptors (Lipinski definition) is 3. The number of furan rings is 1. The fourth-order valence-electron chi connectivity index (χ4n) is 4.98. The summed E-state index contributed by atoms with van der Waals surface area (Å²) in [7, 11) is 0. The minimum Gasteiger partial charge on any atom is -0.455 e. The van der Waals surface area contributed by atoms with Crippen LogP contribution >= 0.6 is 11.6 Å². The van der Waals surface area contributed by atoms with E-state index in [-0.39, 0.29) is 11.8 Å². The smallest absolute Gasteiger partial charge is 0.286 e. The molecule has 40 heavy (non-hydrogen) atoms. The normalized spacial score (nSPS) is 11.2. The summed E-state index contributed by atoms with van der Waals surface area (Å²) in [5, 5.41) is 3.78. The Morgan fingerprint density at radius 3 is 1.82 bits per heavy atom. The van der Waals surface area contributed by atoms with Crippen LogP contribution in [0.4, 0.5) is 0 Å². The van der Waals surface area contributed by atoms with Gasteiger partial charge in [-0.25, -0.2) is 0 Å². The first-order valence-electron chi connectivity index (χ1n) is 13.6. The first-order chi connectivity index (χ1) is 19.6. The third-order valence-electron chi connectivity index (χ3n) is 6.96. The van der Waals surface area contributed by atoms with Crippen LogP contribution in [0.15, 0.2) is 132 Å². The van der Waals surface area contributed by atoms with Crippen molar-refractivity contribution in [2.75, 3.05) is 6.54 Å². The second-order valence-corrected chi connectivity index (χ2v) is 10.4. The summed E-state index contributed by atoms with van der Waals surface area (Å²) in [6.07, 6.45) is 0.791. The highest BCUT2D eigenvalue weighted by molar-refractivity contribution is 6.30. The highest BCUT2D eigenvalue weighted by Crippen LogP contribution is 2.27. The maximum atomic E-state index is 13.0. The van der Waals surface area contributed by atoms with Crippen LogP contribution in [0.5, 0.6) is 0 Å². The lowest BCUT2D eigenvalue weighted by Crippen LogP contribution is -2.25. The third-order valence-corrected chi connectivity index (χ3v) is 7.21. The van der Waals surface area contributed by atoms with Gasteiger partial charge >= 0.3 is 0 Å². The lowest BCUT2D eigenvalue weighted by Gasteiger charge is -2.21. The molecular weight excluding hydrogens is 516 g/mol. The van der Waals surface area contributed by atoms with Crippen LogP contribution in [0, 0.1) is 0 Å². The highest BCUT2D eigenvalue weighted by Gasteiger charge is 2.17. The lowest BCUT2D eigenvalue weighted by molar-refractivity contribution is 0.0920. The van der Waals surface area contributed by atoms with Crippen LogP contribution in [-0.4, -0.2) is 17.4 Å². The molecule has 1 heterocycles. The number of benzene rings is 4. The number of carbonyl (C=O) groups excluding carboxylic acids is 1. The van der Waals surface area contributed by atoms with E-state index in [1.165, 1.54) is 16.7 Å². The molecule has 5 aromatic rings. The standard InChI is InChI=1S/C35H33ClN2O2/c36-31-18-16-28(17-19-31)25-38(24-27-10-4-1-5-11-27)26-32-20-21-34(40-32)35(39)37-23-22-33(29-12-6-2-7-13-29)30-14-8-3-9-15-30/h1-21,33H,22-26H2,(H,37,39). The molecule has 4 aromatic carbocycles. The number of nitrogens with zero attached hydrogens (tertiary/aromatic N) is 1. The van der Waals surface area contributed by atoms with Crippen molar-refractivity contribution in [2.45, 2.75) is 32.0 Å². The van der Waals surface area contributed by atoms with E-state index >= 15 is 0 Å². The Morgan fingerprint density at radius 2 is 1.23 bits per heavy atom. The molecule has 0 aliphatic heterocycles. The quantitative estimate of drug-likeness (QED) is 0.171. The molecule has 202 valence electrons. The lowest BCUT2D eigenvalue weighted by atomic mass is 9.88. The van der Waals surface area contributed by atoms with Crippen LogP contribution in [0.3, 0.4) is 0 Å².